The van der Waals surface area contributed by atoms with E-state index in [2.05, 4.69) is 25.7 Å². The van der Waals surface area contributed by atoms with E-state index in [4.69, 9.17) is 11.6 Å². The molecule has 0 saturated heterocycles. The fourth-order valence-electron chi connectivity index (χ4n) is 2.24. The summed E-state index contributed by atoms with van der Waals surface area (Å²) in [5.41, 5.74) is 0.717. The summed E-state index contributed by atoms with van der Waals surface area (Å²) in [6.07, 6.45) is 4.25. The zero-order valence-corrected chi connectivity index (χ0v) is 13.6. The van der Waals surface area contributed by atoms with E-state index in [1.54, 1.807) is 12.1 Å². The van der Waals surface area contributed by atoms with Gasteiger partial charge in [-0.3, -0.25) is 4.79 Å². The highest BCUT2D eigenvalue weighted by atomic mass is 35.5. The van der Waals surface area contributed by atoms with Gasteiger partial charge in [-0.1, -0.05) is 43.5 Å². The summed E-state index contributed by atoms with van der Waals surface area (Å²) in [7, 11) is 0. The summed E-state index contributed by atoms with van der Waals surface area (Å²) in [5.74, 6) is 0.175. The van der Waals surface area contributed by atoms with Crippen molar-refractivity contribution in [2.24, 2.45) is 0 Å². The molecule has 0 unspecified atom stereocenters. The largest absolute Gasteiger partial charge is 0.300 e. The second-order valence-corrected chi connectivity index (χ2v) is 5.96. The molecule has 1 aromatic carbocycles. The summed E-state index contributed by atoms with van der Waals surface area (Å²) < 4.78 is 0. The van der Waals surface area contributed by atoms with Crippen LogP contribution in [0.1, 0.15) is 56.8 Å². The number of carbonyl (C=O) groups is 1. The molecule has 1 aromatic rings. The summed E-state index contributed by atoms with van der Waals surface area (Å²) in [5, 5.41) is 0.625. The third kappa shape index (κ3) is 6.06. The van der Waals surface area contributed by atoms with Gasteiger partial charge >= 0.3 is 0 Å². The Morgan fingerprint density at radius 1 is 1.25 bits per heavy atom. The zero-order valence-electron chi connectivity index (χ0n) is 12.9. The monoisotopic (exact) mass is 295 g/mol. The number of benzene rings is 1. The summed E-state index contributed by atoms with van der Waals surface area (Å²) in [6, 6.07) is 7.70. The van der Waals surface area contributed by atoms with E-state index in [1.807, 2.05) is 12.1 Å². The zero-order chi connectivity index (χ0) is 15.0. The van der Waals surface area contributed by atoms with Crippen LogP contribution in [-0.4, -0.2) is 29.8 Å². The third-order valence-corrected chi connectivity index (χ3v) is 3.79. The molecule has 0 radical (unpaired) electrons. The lowest BCUT2D eigenvalue weighted by Gasteiger charge is -2.26. The molecule has 0 aliphatic heterocycles. The van der Waals surface area contributed by atoms with E-state index in [0.29, 0.717) is 17.5 Å². The standard InChI is InChI=1S/C17H26ClNO/c1-4-5-6-11-19(14(2)3)12-10-17(20)15-8-7-9-16(18)13-15/h7-9,13-14H,4-6,10-12H2,1-3H3. The Morgan fingerprint density at radius 3 is 2.60 bits per heavy atom. The van der Waals surface area contributed by atoms with Crippen LogP contribution in [0.4, 0.5) is 0 Å². The molecule has 0 heterocycles. The molecule has 3 heteroatoms. The van der Waals surface area contributed by atoms with Crippen molar-refractivity contribution in [3.8, 4) is 0 Å². The molecular formula is C17H26ClNO. The van der Waals surface area contributed by atoms with Crippen LogP contribution in [0.2, 0.25) is 5.02 Å². The molecule has 20 heavy (non-hydrogen) atoms. The van der Waals surface area contributed by atoms with Crippen molar-refractivity contribution >= 4 is 17.4 Å². The Hall–Kier alpha value is -0.860. The minimum atomic E-state index is 0.175. The lowest BCUT2D eigenvalue weighted by Crippen LogP contribution is -2.33. The van der Waals surface area contributed by atoms with E-state index in [9.17, 15) is 4.79 Å². The molecule has 0 saturated carbocycles. The number of carbonyl (C=O) groups excluding carboxylic acids is 1. The topological polar surface area (TPSA) is 20.3 Å². The highest BCUT2D eigenvalue weighted by molar-refractivity contribution is 6.31. The molecule has 0 aliphatic carbocycles. The van der Waals surface area contributed by atoms with Crippen LogP contribution in [-0.2, 0) is 0 Å². The highest BCUT2D eigenvalue weighted by Gasteiger charge is 2.12. The van der Waals surface area contributed by atoms with Crippen molar-refractivity contribution in [1.29, 1.82) is 0 Å². The molecule has 0 atom stereocenters. The van der Waals surface area contributed by atoms with Gasteiger partial charge in [0.2, 0.25) is 0 Å². The predicted octanol–water partition coefficient (Wildman–Crippen LogP) is 4.81. The SMILES string of the molecule is CCCCCN(CCC(=O)c1cccc(Cl)c1)C(C)C. The van der Waals surface area contributed by atoms with Crippen LogP contribution in [0.25, 0.3) is 0 Å². The van der Waals surface area contributed by atoms with Gasteiger partial charge in [0.1, 0.15) is 0 Å². The van der Waals surface area contributed by atoms with Gasteiger partial charge in [-0.15, -0.1) is 0 Å². The van der Waals surface area contributed by atoms with Crippen molar-refractivity contribution in [3.05, 3.63) is 34.9 Å². The summed E-state index contributed by atoms with van der Waals surface area (Å²) in [4.78, 5) is 14.6. The van der Waals surface area contributed by atoms with E-state index in [0.717, 1.165) is 18.7 Å². The average Bonchev–Trinajstić information content (AvgIpc) is 2.42. The van der Waals surface area contributed by atoms with Gasteiger partial charge < -0.3 is 4.90 Å². The Labute approximate surface area is 128 Å². The van der Waals surface area contributed by atoms with E-state index in [1.165, 1.54) is 19.3 Å². The lowest BCUT2D eigenvalue weighted by atomic mass is 10.1. The smallest absolute Gasteiger partial charge is 0.164 e. The first-order valence-corrected chi connectivity index (χ1v) is 7.95. The number of hydrogen-bond donors (Lipinski definition) is 0. The van der Waals surface area contributed by atoms with Gasteiger partial charge in [-0.25, -0.2) is 0 Å². The number of ketones is 1. The lowest BCUT2D eigenvalue weighted by molar-refractivity contribution is 0.0955. The van der Waals surface area contributed by atoms with Crippen LogP contribution in [0.3, 0.4) is 0 Å². The first-order chi connectivity index (χ1) is 9.54. The highest BCUT2D eigenvalue weighted by Crippen LogP contribution is 2.13. The molecule has 0 aromatic heterocycles. The number of unbranched alkanes of at least 4 members (excludes halogenated alkanes) is 2. The Kier molecular flexibility index (Phi) is 7.86. The van der Waals surface area contributed by atoms with Gasteiger partial charge in [-0.05, 0) is 38.9 Å². The third-order valence-electron chi connectivity index (χ3n) is 3.55. The molecule has 0 amide bonds. The van der Waals surface area contributed by atoms with Crippen LogP contribution in [0, 0.1) is 0 Å². The second kappa shape index (κ2) is 9.15. The van der Waals surface area contributed by atoms with Crippen molar-refractivity contribution in [2.75, 3.05) is 13.1 Å². The van der Waals surface area contributed by atoms with E-state index >= 15 is 0 Å². The van der Waals surface area contributed by atoms with Crippen molar-refractivity contribution in [2.45, 2.75) is 52.5 Å². The fraction of sp³-hybridized carbons (Fsp3) is 0.588. The fourth-order valence-corrected chi connectivity index (χ4v) is 2.43. The van der Waals surface area contributed by atoms with Crippen LogP contribution in [0.15, 0.2) is 24.3 Å². The van der Waals surface area contributed by atoms with Gasteiger partial charge in [0.05, 0.1) is 0 Å². The maximum Gasteiger partial charge on any atom is 0.164 e. The van der Waals surface area contributed by atoms with Gasteiger partial charge in [-0.2, -0.15) is 0 Å². The number of halogens is 1. The molecule has 2 nitrogen and oxygen atoms in total. The number of hydrogen-bond acceptors (Lipinski definition) is 2. The molecule has 112 valence electrons. The molecule has 0 aliphatic rings. The second-order valence-electron chi connectivity index (χ2n) is 5.52. The summed E-state index contributed by atoms with van der Waals surface area (Å²) >= 11 is 5.92. The Bertz CT molecular complexity index is 417. The predicted molar refractivity (Wildman–Crippen MR) is 86.6 cm³/mol. The molecule has 1 rings (SSSR count). The van der Waals surface area contributed by atoms with Crippen LogP contribution < -0.4 is 0 Å². The Balaban J connectivity index is 2.48. The minimum Gasteiger partial charge on any atom is -0.300 e. The first kappa shape index (κ1) is 17.2. The Morgan fingerprint density at radius 2 is 2.00 bits per heavy atom. The van der Waals surface area contributed by atoms with E-state index < -0.39 is 0 Å². The quantitative estimate of drug-likeness (QED) is 0.481. The van der Waals surface area contributed by atoms with Gasteiger partial charge in [0.15, 0.2) is 5.78 Å². The number of nitrogens with zero attached hydrogens (tertiary/aromatic N) is 1. The van der Waals surface area contributed by atoms with Crippen LogP contribution >= 0.6 is 11.6 Å². The maximum absolute atomic E-state index is 12.2. The van der Waals surface area contributed by atoms with Crippen LogP contribution in [0.5, 0.6) is 0 Å². The molecule has 0 bridgehead atoms. The molecular weight excluding hydrogens is 270 g/mol. The maximum atomic E-state index is 12.2. The normalized spacial score (nSPS) is 11.3. The molecule has 0 spiro atoms. The molecule has 0 fully saturated rings. The summed E-state index contributed by atoms with van der Waals surface area (Å²) in [6.45, 7) is 8.50. The van der Waals surface area contributed by atoms with E-state index in [-0.39, 0.29) is 5.78 Å². The number of Topliss-reactive ketones (excluding diaryl/α,β-unsaturated/α-hetero) is 1. The average molecular weight is 296 g/mol. The first-order valence-electron chi connectivity index (χ1n) is 7.57. The van der Waals surface area contributed by atoms with Crippen molar-refractivity contribution < 1.29 is 4.79 Å². The minimum absolute atomic E-state index is 0.175. The van der Waals surface area contributed by atoms with Crippen molar-refractivity contribution in [3.63, 3.8) is 0 Å². The van der Waals surface area contributed by atoms with Gasteiger partial charge in [0.25, 0.3) is 0 Å². The number of rotatable bonds is 9. The van der Waals surface area contributed by atoms with Crippen molar-refractivity contribution in [1.82, 2.24) is 4.90 Å². The van der Waals surface area contributed by atoms with Gasteiger partial charge in [0, 0.05) is 29.6 Å². The molecule has 0 N–H and O–H groups in total.